The standard InChI is InChI=1S/C19H19NO3/c1-3-20-17-7-5-4-6-16(19(17)22)18(21)13-10-14-8-11-15(23-2)12-9-14/h4-13H,3H2,1-2H3,(H,20,22)/b13-10+. The molecule has 23 heavy (non-hydrogen) atoms. The normalized spacial score (nSPS) is 10.5. The lowest BCUT2D eigenvalue weighted by Gasteiger charge is -2.00. The van der Waals surface area contributed by atoms with Crippen molar-refractivity contribution in [3.8, 4) is 5.75 Å². The average Bonchev–Trinajstić information content (AvgIpc) is 2.76. The van der Waals surface area contributed by atoms with Crippen molar-refractivity contribution in [1.82, 2.24) is 0 Å². The van der Waals surface area contributed by atoms with Crippen LogP contribution in [0, 0.1) is 0 Å². The summed E-state index contributed by atoms with van der Waals surface area (Å²) < 4.78 is 5.09. The van der Waals surface area contributed by atoms with Gasteiger partial charge in [-0.2, -0.15) is 0 Å². The van der Waals surface area contributed by atoms with Crippen LogP contribution < -0.4 is 15.5 Å². The maximum Gasteiger partial charge on any atom is 0.212 e. The van der Waals surface area contributed by atoms with Crippen LogP contribution in [0.15, 0.2) is 59.4 Å². The van der Waals surface area contributed by atoms with E-state index in [0.717, 1.165) is 11.3 Å². The number of allylic oxidation sites excluding steroid dienone is 1. The molecule has 0 bridgehead atoms. The largest absolute Gasteiger partial charge is 0.497 e. The van der Waals surface area contributed by atoms with Crippen LogP contribution >= 0.6 is 0 Å². The zero-order valence-electron chi connectivity index (χ0n) is 13.2. The number of carbonyl (C=O) groups excluding carboxylic acids is 1. The fourth-order valence-electron chi connectivity index (χ4n) is 2.10. The Hall–Kier alpha value is -2.88. The third kappa shape index (κ3) is 4.30. The number of hydrogen-bond acceptors (Lipinski definition) is 4. The first-order chi connectivity index (χ1) is 11.2. The van der Waals surface area contributed by atoms with Gasteiger partial charge in [0.15, 0.2) is 5.78 Å². The van der Waals surface area contributed by atoms with Gasteiger partial charge in [-0.1, -0.05) is 30.3 Å². The van der Waals surface area contributed by atoms with Crippen LogP contribution in [-0.2, 0) is 0 Å². The minimum Gasteiger partial charge on any atom is -0.497 e. The number of carbonyl (C=O) groups is 1. The van der Waals surface area contributed by atoms with Gasteiger partial charge in [0.25, 0.3) is 0 Å². The van der Waals surface area contributed by atoms with Gasteiger partial charge in [-0.3, -0.25) is 9.59 Å². The summed E-state index contributed by atoms with van der Waals surface area (Å²) in [5.41, 5.74) is 1.15. The van der Waals surface area contributed by atoms with Crippen LogP contribution in [-0.4, -0.2) is 19.4 Å². The number of hydrogen-bond donors (Lipinski definition) is 1. The van der Waals surface area contributed by atoms with Crippen molar-refractivity contribution in [2.45, 2.75) is 6.92 Å². The summed E-state index contributed by atoms with van der Waals surface area (Å²) in [6.45, 7) is 2.52. The van der Waals surface area contributed by atoms with Gasteiger partial charge >= 0.3 is 0 Å². The summed E-state index contributed by atoms with van der Waals surface area (Å²) in [7, 11) is 1.60. The molecule has 2 rings (SSSR count). The van der Waals surface area contributed by atoms with Crippen LogP contribution in [0.25, 0.3) is 6.08 Å². The van der Waals surface area contributed by atoms with Crippen molar-refractivity contribution >= 4 is 17.5 Å². The van der Waals surface area contributed by atoms with Crippen LogP contribution in [0.5, 0.6) is 5.75 Å². The Labute approximate surface area is 135 Å². The molecule has 0 atom stereocenters. The monoisotopic (exact) mass is 309 g/mol. The third-order valence-electron chi connectivity index (χ3n) is 3.30. The predicted molar refractivity (Wildman–Crippen MR) is 93.2 cm³/mol. The van der Waals surface area contributed by atoms with Crippen molar-refractivity contribution in [3.63, 3.8) is 0 Å². The smallest absolute Gasteiger partial charge is 0.212 e. The first kappa shape index (κ1) is 16.5. The summed E-state index contributed by atoms with van der Waals surface area (Å²) in [5, 5.41) is 2.97. The highest BCUT2D eigenvalue weighted by Gasteiger charge is 2.08. The topological polar surface area (TPSA) is 55.4 Å². The van der Waals surface area contributed by atoms with Gasteiger partial charge in [-0.15, -0.1) is 0 Å². The highest BCUT2D eigenvalue weighted by atomic mass is 16.5. The molecule has 2 aromatic rings. The molecule has 2 aromatic carbocycles. The summed E-state index contributed by atoms with van der Waals surface area (Å²) in [6.07, 6.45) is 3.09. The summed E-state index contributed by atoms with van der Waals surface area (Å²) in [4.78, 5) is 24.7. The molecule has 0 aliphatic heterocycles. The Morgan fingerprint density at radius 1 is 1.13 bits per heavy atom. The Bertz CT molecular complexity index is 764. The maximum absolute atomic E-state index is 12.4. The quantitative estimate of drug-likeness (QED) is 0.656. The van der Waals surface area contributed by atoms with Crippen LogP contribution in [0.4, 0.5) is 5.69 Å². The Balaban J connectivity index is 2.26. The molecule has 4 nitrogen and oxygen atoms in total. The molecule has 4 heteroatoms. The molecule has 0 unspecified atom stereocenters. The lowest BCUT2D eigenvalue weighted by molar-refractivity contribution is 0.104. The number of nitrogens with one attached hydrogen (secondary N) is 1. The van der Waals surface area contributed by atoms with E-state index in [9.17, 15) is 9.59 Å². The van der Waals surface area contributed by atoms with Crippen molar-refractivity contribution in [2.24, 2.45) is 0 Å². The second kappa shape index (κ2) is 7.94. The number of rotatable bonds is 6. The molecule has 0 saturated carbocycles. The second-order valence-corrected chi connectivity index (χ2v) is 4.88. The van der Waals surface area contributed by atoms with Crippen molar-refractivity contribution < 1.29 is 9.53 Å². The predicted octanol–water partition coefficient (Wildman–Crippen LogP) is 3.38. The second-order valence-electron chi connectivity index (χ2n) is 4.88. The highest BCUT2D eigenvalue weighted by molar-refractivity contribution is 6.07. The Kier molecular flexibility index (Phi) is 5.69. The van der Waals surface area contributed by atoms with Gasteiger partial charge in [0, 0.05) is 6.54 Å². The molecular weight excluding hydrogens is 290 g/mol. The van der Waals surface area contributed by atoms with Crippen LogP contribution in [0.3, 0.4) is 0 Å². The van der Waals surface area contributed by atoms with Gasteiger partial charge in [-0.25, -0.2) is 0 Å². The lowest BCUT2D eigenvalue weighted by atomic mass is 10.1. The van der Waals surface area contributed by atoms with E-state index in [1.807, 2.05) is 31.2 Å². The van der Waals surface area contributed by atoms with Crippen molar-refractivity contribution in [1.29, 1.82) is 0 Å². The molecule has 0 heterocycles. The molecule has 1 N–H and O–H groups in total. The zero-order valence-corrected chi connectivity index (χ0v) is 13.2. The van der Waals surface area contributed by atoms with Gasteiger partial charge in [0.1, 0.15) is 5.75 Å². The van der Waals surface area contributed by atoms with Gasteiger partial charge in [0.2, 0.25) is 5.43 Å². The molecule has 0 saturated heterocycles. The van der Waals surface area contributed by atoms with Crippen LogP contribution in [0.1, 0.15) is 22.8 Å². The number of benzene rings is 1. The number of ether oxygens (including phenoxy) is 1. The molecule has 0 aliphatic carbocycles. The Morgan fingerprint density at radius 2 is 1.83 bits per heavy atom. The zero-order chi connectivity index (χ0) is 16.7. The first-order valence-corrected chi connectivity index (χ1v) is 7.39. The van der Waals surface area contributed by atoms with Crippen LogP contribution in [0.2, 0.25) is 0 Å². The Morgan fingerprint density at radius 3 is 2.48 bits per heavy atom. The lowest BCUT2D eigenvalue weighted by Crippen LogP contribution is -2.15. The fraction of sp³-hybridized carbons (Fsp3) is 0.158. The summed E-state index contributed by atoms with van der Waals surface area (Å²) >= 11 is 0. The van der Waals surface area contributed by atoms with Crippen molar-refractivity contribution in [3.05, 3.63) is 76.0 Å². The van der Waals surface area contributed by atoms with E-state index >= 15 is 0 Å². The van der Waals surface area contributed by atoms with Gasteiger partial charge < -0.3 is 10.1 Å². The molecular formula is C19H19NO3. The van der Waals surface area contributed by atoms with E-state index in [-0.39, 0.29) is 16.8 Å². The molecule has 0 fully saturated rings. The SMILES string of the molecule is CCNc1ccccc(C(=O)/C=C/c2ccc(OC)cc2)c1=O. The molecule has 118 valence electrons. The summed E-state index contributed by atoms with van der Waals surface area (Å²) in [6, 6.07) is 14.0. The number of anilines is 1. The fourth-order valence-corrected chi connectivity index (χ4v) is 2.10. The van der Waals surface area contributed by atoms with E-state index in [0.29, 0.717) is 12.2 Å². The molecule has 0 spiro atoms. The maximum atomic E-state index is 12.4. The van der Waals surface area contributed by atoms with E-state index in [2.05, 4.69) is 5.32 Å². The number of ketones is 1. The van der Waals surface area contributed by atoms with Crippen molar-refractivity contribution in [2.75, 3.05) is 19.0 Å². The molecule has 0 aliphatic rings. The first-order valence-electron chi connectivity index (χ1n) is 7.39. The highest BCUT2D eigenvalue weighted by Crippen LogP contribution is 2.12. The van der Waals surface area contributed by atoms with E-state index in [1.165, 1.54) is 6.08 Å². The molecule has 0 aromatic heterocycles. The minimum atomic E-state index is -0.318. The van der Waals surface area contributed by atoms with E-state index in [4.69, 9.17) is 4.74 Å². The van der Waals surface area contributed by atoms with E-state index < -0.39 is 0 Å². The molecule has 0 radical (unpaired) electrons. The van der Waals surface area contributed by atoms with Gasteiger partial charge in [0.05, 0.1) is 18.4 Å². The number of methoxy groups -OCH3 is 1. The van der Waals surface area contributed by atoms with Gasteiger partial charge in [-0.05, 0) is 42.8 Å². The van der Waals surface area contributed by atoms with E-state index in [1.54, 1.807) is 37.5 Å². The molecule has 0 amide bonds. The summed E-state index contributed by atoms with van der Waals surface area (Å²) in [5.74, 6) is 0.432. The average molecular weight is 309 g/mol. The minimum absolute atomic E-state index is 0.149. The third-order valence-corrected chi connectivity index (χ3v) is 3.30.